The van der Waals surface area contributed by atoms with Gasteiger partial charge in [0.2, 0.25) is 0 Å². The van der Waals surface area contributed by atoms with E-state index < -0.39 is 11.5 Å². The van der Waals surface area contributed by atoms with Gasteiger partial charge in [0.25, 0.3) is 0 Å². The van der Waals surface area contributed by atoms with Crippen molar-refractivity contribution in [1.82, 2.24) is 4.90 Å². The second-order valence-electron chi connectivity index (χ2n) is 5.25. The van der Waals surface area contributed by atoms with Crippen molar-refractivity contribution < 1.29 is 14.6 Å². The van der Waals surface area contributed by atoms with E-state index in [0.29, 0.717) is 25.0 Å². The molecule has 1 heterocycles. The highest BCUT2D eigenvalue weighted by Gasteiger charge is 2.44. The number of nitrogens with zero attached hydrogens (tertiary/aromatic N) is 1. The lowest BCUT2D eigenvalue weighted by Crippen LogP contribution is -2.50. The van der Waals surface area contributed by atoms with Crippen LogP contribution < -0.4 is 5.73 Å². The van der Waals surface area contributed by atoms with Gasteiger partial charge in [-0.25, -0.2) is 0 Å². The predicted octanol–water partition coefficient (Wildman–Crippen LogP) is 0.432. The van der Waals surface area contributed by atoms with Crippen LogP contribution in [0.4, 0.5) is 0 Å². The molecule has 0 spiro atoms. The van der Waals surface area contributed by atoms with Crippen molar-refractivity contribution in [1.29, 1.82) is 0 Å². The minimum absolute atomic E-state index is 0.293. The third-order valence-electron chi connectivity index (χ3n) is 4.09. The van der Waals surface area contributed by atoms with E-state index in [1.54, 1.807) is 0 Å². The zero-order valence-electron chi connectivity index (χ0n) is 10.4. The smallest absolute Gasteiger partial charge is 0.323 e. The SMILES string of the molecule is CCC1CN(C2CCC(N)(C(=O)O)C2)CCO1. The predicted molar refractivity (Wildman–Crippen MR) is 63.8 cm³/mol. The Kier molecular flexibility index (Phi) is 3.70. The average molecular weight is 242 g/mol. The Morgan fingerprint density at radius 1 is 1.65 bits per heavy atom. The molecule has 5 nitrogen and oxygen atoms in total. The van der Waals surface area contributed by atoms with E-state index in [0.717, 1.165) is 32.5 Å². The number of carboxylic acid groups (broad SMARTS) is 1. The fourth-order valence-corrected chi connectivity index (χ4v) is 2.88. The molecule has 3 unspecified atom stereocenters. The quantitative estimate of drug-likeness (QED) is 0.750. The third kappa shape index (κ3) is 2.61. The Labute approximate surface area is 102 Å². The first-order chi connectivity index (χ1) is 8.05. The van der Waals surface area contributed by atoms with Gasteiger partial charge in [-0.15, -0.1) is 0 Å². The van der Waals surface area contributed by atoms with Crippen molar-refractivity contribution in [2.24, 2.45) is 5.73 Å². The minimum Gasteiger partial charge on any atom is -0.480 e. The molecule has 0 aromatic heterocycles. The Morgan fingerprint density at radius 2 is 2.41 bits per heavy atom. The van der Waals surface area contributed by atoms with Crippen LogP contribution in [0.1, 0.15) is 32.6 Å². The van der Waals surface area contributed by atoms with E-state index in [4.69, 9.17) is 15.6 Å². The number of aliphatic carboxylic acids is 1. The van der Waals surface area contributed by atoms with E-state index in [9.17, 15) is 4.79 Å². The van der Waals surface area contributed by atoms with Gasteiger partial charge in [-0.3, -0.25) is 9.69 Å². The number of nitrogens with two attached hydrogens (primary N) is 1. The first-order valence-electron chi connectivity index (χ1n) is 6.43. The van der Waals surface area contributed by atoms with Crippen LogP contribution in [0.2, 0.25) is 0 Å². The van der Waals surface area contributed by atoms with Gasteiger partial charge in [-0.05, 0) is 25.7 Å². The highest BCUT2D eigenvalue weighted by molar-refractivity contribution is 5.79. The summed E-state index contributed by atoms with van der Waals surface area (Å²) in [6.07, 6.45) is 3.34. The van der Waals surface area contributed by atoms with Crippen molar-refractivity contribution in [2.45, 2.75) is 50.3 Å². The Hall–Kier alpha value is -0.650. The summed E-state index contributed by atoms with van der Waals surface area (Å²) in [5.41, 5.74) is 4.90. The lowest BCUT2D eigenvalue weighted by molar-refractivity contribution is -0.143. The van der Waals surface area contributed by atoms with Crippen LogP contribution in [0, 0.1) is 0 Å². The van der Waals surface area contributed by atoms with E-state index in [1.165, 1.54) is 0 Å². The first-order valence-corrected chi connectivity index (χ1v) is 6.43. The van der Waals surface area contributed by atoms with Gasteiger partial charge in [0, 0.05) is 19.1 Å². The van der Waals surface area contributed by atoms with Gasteiger partial charge in [0.1, 0.15) is 5.54 Å². The molecule has 3 N–H and O–H groups in total. The Morgan fingerprint density at radius 3 is 3.00 bits per heavy atom. The normalized spacial score (nSPS) is 39.4. The van der Waals surface area contributed by atoms with Crippen molar-refractivity contribution >= 4 is 5.97 Å². The molecule has 5 heteroatoms. The number of carbonyl (C=O) groups is 1. The van der Waals surface area contributed by atoms with Crippen molar-refractivity contribution in [2.75, 3.05) is 19.7 Å². The second kappa shape index (κ2) is 4.92. The van der Waals surface area contributed by atoms with E-state index in [1.807, 2.05) is 0 Å². The molecule has 0 radical (unpaired) electrons. The van der Waals surface area contributed by atoms with Crippen molar-refractivity contribution in [3.05, 3.63) is 0 Å². The number of hydrogen-bond donors (Lipinski definition) is 2. The monoisotopic (exact) mass is 242 g/mol. The number of hydrogen-bond acceptors (Lipinski definition) is 4. The van der Waals surface area contributed by atoms with Crippen molar-refractivity contribution in [3.63, 3.8) is 0 Å². The molecule has 0 aromatic carbocycles. The second-order valence-corrected chi connectivity index (χ2v) is 5.25. The van der Waals surface area contributed by atoms with Crippen LogP contribution in [-0.2, 0) is 9.53 Å². The van der Waals surface area contributed by atoms with Gasteiger partial charge in [-0.2, -0.15) is 0 Å². The van der Waals surface area contributed by atoms with Crippen LogP contribution >= 0.6 is 0 Å². The molecule has 98 valence electrons. The molecule has 2 fully saturated rings. The maximum absolute atomic E-state index is 11.1. The molecule has 3 atom stereocenters. The Bertz CT molecular complexity index is 297. The zero-order valence-corrected chi connectivity index (χ0v) is 10.4. The molecule has 2 rings (SSSR count). The van der Waals surface area contributed by atoms with Crippen LogP contribution in [0.5, 0.6) is 0 Å². The summed E-state index contributed by atoms with van der Waals surface area (Å²) in [4.78, 5) is 13.5. The standard InChI is InChI=1S/C12H22N2O3/c1-2-10-8-14(5-6-17-10)9-3-4-12(13,7-9)11(15)16/h9-10H,2-8,13H2,1H3,(H,15,16). The number of ether oxygens (including phenoxy) is 1. The van der Waals surface area contributed by atoms with Crippen LogP contribution in [0.15, 0.2) is 0 Å². The lowest BCUT2D eigenvalue weighted by Gasteiger charge is -2.36. The molecule has 0 aromatic rings. The highest BCUT2D eigenvalue weighted by Crippen LogP contribution is 2.32. The summed E-state index contributed by atoms with van der Waals surface area (Å²) in [7, 11) is 0. The molecule has 17 heavy (non-hydrogen) atoms. The Balaban J connectivity index is 1.94. The highest BCUT2D eigenvalue weighted by atomic mass is 16.5. The molecule has 0 amide bonds. The molecule has 1 aliphatic heterocycles. The maximum Gasteiger partial charge on any atom is 0.323 e. The number of carboxylic acids is 1. The molecule has 1 saturated carbocycles. The molecule has 2 aliphatic rings. The van der Waals surface area contributed by atoms with Gasteiger partial charge in [0.05, 0.1) is 12.7 Å². The molecular formula is C12H22N2O3. The van der Waals surface area contributed by atoms with Crippen LogP contribution in [0.3, 0.4) is 0 Å². The van der Waals surface area contributed by atoms with Crippen LogP contribution in [0.25, 0.3) is 0 Å². The van der Waals surface area contributed by atoms with Gasteiger partial charge in [-0.1, -0.05) is 6.92 Å². The van der Waals surface area contributed by atoms with Crippen molar-refractivity contribution in [3.8, 4) is 0 Å². The molecule has 1 aliphatic carbocycles. The van der Waals surface area contributed by atoms with E-state index in [-0.39, 0.29) is 0 Å². The number of rotatable bonds is 3. The fraction of sp³-hybridized carbons (Fsp3) is 0.917. The summed E-state index contributed by atoms with van der Waals surface area (Å²) in [5, 5.41) is 9.12. The summed E-state index contributed by atoms with van der Waals surface area (Å²) < 4.78 is 5.63. The zero-order chi connectivity index (χ0) is 12.5. The third-order valence-corrected chi connectivity index (χ3v) is 4.09. The summed E-state index contributed by atoms with van der Waals surface area (Å²) in [6, 6.07) is 0.314. The van der Waals surface area contributed by atoms with Crippen LogP contribution in [-0.4, -0.2) is 53.4 Å². The summed E-state index contributed by atoms with van der Waals surface area (Å²) >= 11 is 0. The van der Waals surface area contributed by atoms with E-state index >= 15 is 0 Å². The van der Waals surface area contributed by atoms with Gasteiger partial charge >= 0.3 is 5.97 Å². The van der Waals surface area contributed by atoms with Gasteiger partial charge < -0.3 is 15.6 Å². The largest absolute Gasteiger partial charge is 0.480 e. The average Bonchev–Trinajstić information content (AvgIpc) is 2.74. The summed E-state index contributed by atoms with van der Waals surface area (Å²) in [6.45, 7) is 4.68. The maximum atomic E-state index is 11.1. The van der Waals surface area contributed by atoms with Gasteiger partial charge in [0.15, 0.2) is 0 Å². The molecular weight excluding hydrogens is 220 g/mol. The van der Waals surface area contributed by atoms with E-state index in [2.05, 4.69) is 11.8 Å². The summed E-state index contributed by atoms with van der Waals surface area (Å²) in [5.74, 6) is -0.861. The molecule has 1 saturated heterocycles. The molecule has 0 bridgehead atoms. The lowest BCUT2D eigenvalue weighted by atomic mass is 9.99. The minimum atomic E-state index is -1.01. The fourth-order valence-electron chi connectivity index (χ4n) is 2.88. The number of morpholine rings is 1. The topological polar surface area (TPSA) is 75.8 Å². The first kappa shape index (κ1) is 12.8.